The third-order valence-electron chi connectivity index (χ3n) is 3.28. The van der Waals surface area contributed by atoms with Gasteiger partial charge in [-0.1, -0.05) is 39.0 Å². The second-order valence-corrected chi connectivity index (χ2v) is 4.92. The molecule has 0 amide bonds. The van der Waals surface area contributed by atoms with Crippen LogP contribution in [0.4, 0.5) is 0 Å². The van der Waals surface area contributed by atoms with Crippen LogP contribution in [0.1, 0.15) is 52.4 Å². The summed E-state index contributed by atoms with van der Waals surface area (Å²) >= 11 is 0. The van der Waals surface area contributed by atoms with Crippen LogP contribution in [0.25, 0.3) is 0 Å². The van der Waals surface area contributed by atoms with Gasteiger partial charge in [0.15, 0.2) is 0 Å². The summed E-state index contributed by atoms with van der Waals surface area (Å²) in [6.07, 6.45) is 8.48. The summed E-state index contributed by atoms with van der Waals surface area (Å²) in [5, 5.41) is 3.49. The summed E-state index contributed by atoms with van der Waals surface area (Å²) in [5.74, 6) is 0. The lowest BCUT2D eigenvalue weighted by Gasteiger charge is -2.31. The number of hydrogen-bond acceptors (Lipinski definition) is 2. The van der Waals surface area contributed by atoms with Gasteiger partial charge in [0, 0.05) is 25.7 Å². The lowest BCUT2D eigenvalue weighted by Crippen LogP contribution is -2.49. The van der Waals surface area contributed by atoms with E-state index in [1.54, 1.807) is 0 Å². The van der Waals surface area contributed by atoms with Crippen molar-refractivity contribution in [3.05, 3.63) is 0 Å². The molecule has 0 aromatic carbocycles. The zero-order valence-electron chi connectivity index (χ0n) is 10.6. The molecule has 1 N–H and O–H groups in total. The Bertz CT molecular complexity index is 147. The van der Waals surface area contributed by atoms with Gasteiger partial charge in [-0.05, 0) is 19.9 Å². The van der Waals surface area contributed by atoms with Crippen molar-refractivity contribution >= 4 is 0 Å². The smallest absolute Gasteiger partial charge is 0.0167 e. The highest BCUT2D eigenvalue weighted by molar-refractivity contribution is 4.74. The van der Waals surface area contributed by atoms with Crippen molar-refractivity contribution in [2.24, 2.45) is 0 Å². The Morgan fingerprint density at radius 2 is 1.87 bits per heavy atom. The van der Waals surface area contributed by atoms with Gasteiger partial charge < -0.3 is 10.2 Å². The van der Waals surface area contributed by atoms with Crippen LogP contribution in [0.5, 0.6) is 0 Å². The SMILES string of the molecule is CCCCCCCCN1CCN[C@H](C)C1. The molecule has 1 heterocycles. The Kier molecular flexibility index (Phi) is 7.03. The number of nitrogens with zero attached hydrogens (tertiary/aromatic N) is 1. The molecule has 0 bridgehead atoms. The van der Waals surface area contributed by atoms with Gasteiger partial charge in [-0.3, -0.25) is 0 Å². The van der Waals surface area contributed by atoms with E-state index in [2.05, 4.69) is 24.1 Å². The first-order valence-corrected chi connectivity index (χ1v) is 6.78. The number of hydrogen-bond donors (Lipinski definition) is 1. The van der Waals surface area contributed by atoms with Crippen molar-refractivity contribution < 1.29 is 0 Å². The van der Waals surface area contributed by atoms with Gasteiger partial charge in [0.25, 0.3) is 0 Å². The largest absolute Gasteiger partial charge is 0.312 e. The summed E-state index contributed by atoms with van der Waals surface area (Å²) in [6, 6.07) is 0.693. The Morgan fingerprint density at radius 1 is 1.13 bits per heavy atom. The maximum atomic E-state index is 3.49. The van der Waals surface area contributed by atoms with Gasteiger partial charge in [-0.25, -0.2) is 0 Å². The third-order valence-corrected chi connectivity index (χ3v) is 3.28. The monoisotopic (exact) mass is 212 g/mol. The zero-order chi connectivity index (χ0) is 10.9. The third kappa shape index (κ3) is 6.16. The van der Waals surface area contributed by atoms with Crippen LogP contribution >= 0.6 is 0 Å². The van der Waals surface area contributed by atoms with Crippen molar-refractivity contribution in [2.75, 3.05) is 26.2 Å². The number of unbranched alkanes of at least 4 members (excludes halogenated alkanes) is 5. The second kappa shape index (κ2) is 8.12. The second-order valence-electron chi connectivity index (χ2n) is 4.92. The van der Waals surface area contributed by atoms with Gasteiger partial charge in [-0.2, -0.15) is 0 Å². The first-order chi connectivity index (χ1) is 7.33. The highest BCUT2D eigenvalue weighted by atomic mass is 15.2. The van der Waals surface area contributed by atoms with E-state index in [1.807, 2.05) is 0 Å². The summed E-state index contributed by atoms with van der Waals surface area (Å²) in [5.41, 5.74) is 0. The first kappa shape index (κ1) is 13.0. The molecule has 0 aromatic heterocycles. The normalized spacial score (nSPS) is 23.2. The molecule has 2 heteroatoms. The minimum atomic E-state index is 0.693. The molecule has 1 aliphatic rings. The van der Waals surface area contributed by atoms with Crippen LogP contribution in [-0.4, -0.2) is 37.1 Å². The number of nitrogens with one attached hydrogen (secondary N) is 1. The summed E-state index contributed by atoms with van der Waals surface area (Å²) in [6.45, 7) is 9.55. The molecule has 2 nitrogen and oxygen atoms in total. The molecule has 0 aromatic rings. The minimum Gasteiger partial charge on any atom is -0.312 e. The van der Waals surface area contributed by atoms with E-state index in [0.29, 0.717) is 6.04 Å². The molecule has 1 rings (SSSR count). The van der Waals surface area contributed by atoms with Crippen molar-refractivity contribution in [2.45, 2.75) is 58.4 Å². The molecule has 0 saturated carbocycles. The number of piperazine rings is 1. The molecule has 1 fully saturated rings. The van der Waals surface area contributed by atoms with E-state index in [-0.39, 0.29) is 0 Å². The summed E-state index contributed by atoms with van der Waals surface area (Å²) < 4.78 is 0. The lowest BCUT2D eigenvalue weighted by molar-refractivity contribution is 0.203. The highest BCUT2D eigenvalue weighted by Crippen LogP contribution is 2.07. The van der Waals surface area contributed by atoms with Crippen LogP contribution in [-0.2, 0) is 0 Å². The highest BCUT2D eigenvalue weighted by Gasteiger charge is 2.14. The van der Waals surface area contributed by atoms with Crippen LogP contribution in [0, 0.1) is 0 Å². The average Bonchev–Trinajstić information content (AvgIpc) is 2.23. The molecule has 0 spiro atoms. The lowest BCUT2D eigenvalue weighted by atomic mass is 10.1. The predicted molar refractivity (Wildman–Crippen MR) is 67.3 cm³/mol. The van der Waals surface area contributed by atoms with Gasteiger partial charge in [0.2, 0.25) is 0 Å². The maximum absolute atomic E-state index is 3.49. The Labute approximate surface area is 95.4 Å². The molecular formula is C13H28N2. The fraction of sp³-hybridized carbons (Fsp3) is 1.00. The predicted octanol–water partition coefficient (Wildman–Crippen LogP) is 2.64. The van der Waals surface area contributed by atoms with Crippen molar-refractivity contribution in [1.82, 2.24) is 10.2 Å². The van der Waals surface area contributed by atoms with Gasteiger partial charge in [-0.15, -0.1) is 0 Å². The molecule has 90 valence electrons. The Balaban J connectivity index is 1.90. The summed E-state index contributed by atoms with van der Waals surface area (Å²) in [4.78, 5) is 2.61. The van der Waals surface area contributed by atoms with Gasteiger partial charge >= 0.3 is 0 Å². The average molecular weight is 212 g/mol. The quantitative estimate of drug-likeness (QED) is 0.653. The summed E-state index contributed by atoms with van der Waals surface area (Å²) in [7, 11) is 0. The van der Waals surface area contributed by atoms with Crippen molar-refractivity contribution in [3.8, 4) is 0 Å². The van der Waals surface area contributed by atoms with E-state index >= 15 is 0 Å². The molecule has 0 radical (unpaired) electrons. The van der Waals surface area contributed by atoms with Gasteiger partial charge in [0.05, 0.1) is 0 Å². The number of rotatable bonds is 7. The van der Waals surface area contributed by atoms with E-state index < -0.39 is 0 Å². The van der Waals surface area contributed by atoms with Crippen LogP contribution in [0.2, 0.25) is 0 Å². The van der Waals surface area contributed by atoms with Crippen LogP contribution in [0.15, 0.2) is 0 Å². The first-order valence-electron chi connectivity index (χ1n) is 6.78. The van der Waals surface area contributed by atoms with Crippen LogP contribution in [0.3, 0.4) is 0 Å². The molecule has 0 aliphatic carbocycles. The van der Waals surface area contributed by atoms with Crippen LogP contribution < -0.4 is 5.32 Å². The van der Waals surface area contributed by atoms with E-state index in [9.17, 15) is 0 Å². The molecule has 15 heavy (non-hydrogen) atoms. The topological polar surface area (TPSA) is 15.3 Å². The Morgan fingerprint density at radius 3 is 2.60 bits per heavy atom. The van der Waals surface area contributed by atoms with Crippen molar-refractivity contribution in [1.29, 1.82) is 0 Å². The molecule has 1 atom stereocenters. The van der Waals surface area contributed by atoms with E-state index in [1.165, 1.54) is 64.7 Å². The molecule has 1 saturated heterocycles. The molecular weight excluding hydrogens is 184 g/mol. The maximum Gasteiger partial charge on any atom is 0.0167 e. The molecule has 0 unspecified atom stereocenters. The molecule has 1 aliphatic heterocycles. The minimum absolute atomic E-state index is 0.693. The van der Waals surface area contributed by atoms with Gasteiger partial charge in [0.1, 0.15) is 0 Å². The fourth-order valence-corrected chi connectivity index (χ4v) is 2.33. The van der Waals surface area contributed by atoms with E-state index in [4.69, 9.17) is 0 Å². The van der Waals surface area contributed by atoms with E-state index in [0.717, 1.165) is 0 Å². The fourth-order valence-electron chi connectivity index (χ4n) is 2.33. The Hall–Kier alpha value is -0.0800. The standard InChI is InChI=1S/C13H28N2/c1-3-4-5-6-7-8-10-15-11-9-14-13(2)12-15/h13-14H,3-12H2,1-2H3/t13-/m1/s1. The van der Waals surface area contributed by atoms with Crippen molar-refractivity contribution in [3.63, 3.8) is 0 Å². The zero-order valence-corrected chi connectivity index (χ0v) is 10.6.